The topological polar surface area (TPSA) is 134 Å². The summed E-state index contributed by atoms with van der Waals surface area (Å²) in [6.45, 7) is 8.35. The van der Waals surface area contributed by atoms with Crippen molar-refractivity contribution in [1.82, 2.24) is 15.5 Å². The molecule has 2 aromatic rings. The molecule has 0 spiro atoms. The van der Waals surface area contributed by atoms with Gasteiger partial charge in [0.15, 0.2) is 0 Å². The molecule has 9 heteroatoms. The zero-order chi connectivity index (χ0) is 40.8. The van der Waals surface area contributed by atoms with Gasteiger partial charge in [-0.15, -0.1) is 0 Å². The maximum Gasteiger partial charge on any atom is 0.410 e. The minimum Gasteiger partial charge on any atom is -0.481 e. The standard InChI is InChI=1S/C22H30N2O.C16H21N.C11H19NO4.2CH4/c25-20(18-6-8-23-9-7-18)24-22-13-16-10-17(14-22)12-21(11-16,15-22)19-4-2-1-3-5-19;17-16-9-12-6-13(10-16)8-15(7-12,11-16)14-4-2-1-3-5-14;1-11(2,3)16-10(15)12-6-4-8(5-7-12)9(13)14;;/h1-5,16-18,23H,6-15H2,(H,24,25);1-5,12-13H,6-11,17H2;8H,4-7H2,1-3H3,(H,13,14);2*1H4. The van der Waals surface area contributed by atoms with E-state index in [4.69, 9.17) is 15.6 Å². The molecule has 4 unspecified atom stereocenters. The Morgan fingerprint density at radius 3 is 1.62 bits per heavy atom. The Bertz CT molecular complexity index is 1730. The van der Waals surface area contributed by atoms with Crippen LogP contribution in [0.3, 0.4) is 0 Å². The van der Waals surface area contributed by atoms with E-state index < -0.39 is 11.6 Å². The Morgan fingerprint density at radius 1 is 0.700 bits per heavy atom. The Labute approximate surface area is 361 Å². The fourth-order valence-corrected chi connectivity index (χ4v) is 14.1. The number of carbonyl (C=O) groups is 3. The number of nitrogens with zero attached hydrogens (tertiary/aromatic N) is 1. The van der Waals surface area contributed by atoms with Crippen LogP contribution in [-0.2, 0) is 25.2 Å². The van der Waals surface area contributed by atoms with Crippen molar-refractivity contribution < 1.29 is 24.2 Å². The molecule has 4 atom stereocenters. The fourth-order valence-electron chi connectivity index (χ4n) is 14.1. The van der Waals surface area contributed by atoms with E-state index in [-0.39, 0.29) is 43.9 Å². The molecule has 2 aromatic carbocycles. The molecule has 60 heavy (non-hydrogen) atoms. The molecule has 2 aliphatic heterocycles. The molecule has 332 valence electrons. The molecular formula is C51H78N4O5. The summed E-state index contributed by atoms with van der Waals surface area (Å²) in [7, 11) is 0. The van der Waals surface area contributed by atoms with Crippen LogP contribution in [0.5, 0.6) is 0 Å². The summed E-state index contributed by atoms with van der Waals surface area (Å²) in [6, 6.07) is 22.3. The maximum atomic E-state index is 13.0. The summed E-state index contributed by atoms with van der Waals surface area (Å²) in [6.07, 6.45) is 18.4. The zero-order valence-electron chi connectivity index (χ0n) is 35.5. The van der Waals surface area contributed by atoms with Gasteiger partial charge >= 0.3 is 12.1 Å². The van der Waals surface area contributed by atoms with E-state index in [1.54, 1.807) is 10.5 Å². The second kappa shape index (κ2) is 18.1. The summed E-state index contributed by atoms with van der Waals surface area (Å²) < 4.78 is 5.21. The van der Waals surface area contributed by atoms with Crippen LogP contribution in [0.25, 0.3) is 0 Å². The summed E-state index contributed by atoms with van der Waals surface area (Å²) in [5, 5.41) is 15.8. The number of ether oxygens (including phenoxy) is 1. The fraction of sp³-hybridized carbons (Fsp3) is 0.706. The Balaban J connectivity index is 0.000000154. The number of rotatable bonds is 5. The summed E-state index contributed by atoms with van der Waals surface area (Å²) >= 11 is 0. The van der Waals surface area contributed by atoms with Gasteiger partial charge in [0.2, 0.25) is 5.91 Å². The monoisotopic (exact) mass is 827 g/mol. The van der Waals surface area contributed by atoms with Gasteiger partial charge < -0.3 is 31.1 Å². The highest BCUT2D eigenvalue weighted by molar-refractivity contribution is 5.79. The van der Waals surface area contributed by atoms with Crippen molar-refractivity contribution in [2.24, 2.45) is 41.2 Å². The molecule has 0 radical (unpaired) electrons. The summed E-state index contributed by atoms with van der Waals surface area (Å²) in [5.74, 6) is 2.88. The number of hydrogen-bond acceptors (Lipinski definition) is 6. The van der Waals surface area contributed by atoms with Gasteiger partial charge in [-0.25, -0.2) is 4.79 Å². The number of amides is 2. The van der Waals surface area contributed by atoms with Crippen molar-refractivity contribution >= 4 is 18.0 Å². The molecule has 8 aliphatic carbocycles. The van der Waals surface area contributed by atoms with Gasteiger partial charge in [0.05, 0.1) is 5.92 Å². The van der Waals surface area contributed by atoms with Crippen LogP contribution in [0.1, 0.15) is 149 Å². The largest absolute Gasteiger partial charge is 0.481 e. The maximum absolute atomic E-state index is 13.0. The predicted molar refractivity (Wildman–Crippen MR) is 241 cm³/mol. The Kier molecular flexibility index (Phi) is 13.9. The second-order valence-corrected chi connectivity index (χ2v) is 21.5. The van der Waals surface area contributed by atoms with E-state index in [0.717, 1.165) is 56.0 Å². The van der Waals surface area contributed by atoms with Crippen molar-refractivity contribution in [3.8, 4) is 0 Å². The molecule has 0 aromatic heterocycles. The van der Waals surface area contributed by atoms with Crippen molar-refractivity contribution in [3.05, 3.63) is 71.8 Å². The van der Waals surface area contributed by atoms with Crippen LogP contribution >= 0.6 is 0 Å². The predicted octanol–water partition coefficient (Wildman–Crippen LogP) is 9.62. The molecule has 8 saturated carbocycles. The number of aliphatic carboxylic acids is 1. The number of nitrogens with one attached hydrogen (secondary N) is 2. The molecular weight excluding hydrogens is 749 g/mol. The quantitative estimate of drug-likeness (QED) is 0.236. The molecule has 2 saturated heterocycles. The molecule has 5 N–H and O–H groups in total. The van der Waals surface area contributed by atoms with Crippen molar-refractivity contribution in [2.75, 3.05) is 26.2 Å². The van der Waals surface area contributed by atoms with Crippen LogP contribution in [0.4, 0.5) is 4.79 Å². The van der Waals surface area contributed by atoms with E-state index in [1.807, 2.05) is 20.8 Å². The van der Waals surface area contributed by atoms with Crippen LogP contribution in [0.2, 0.25) is 0 Å². The SMILES string of the molecule is C.C.CC(C)(C)OC(=O)N1CCC(C(=O)O)CC1.NC12CC3CC(C1)CC(c1ccccc1)(C3)C2.O=C(NC12CC3CC(C1)CC(c1ccccc1)(C3)C2)C1CCNCC1. The average molecular weight is 827 g/mol. The molecule has 12 rings (SSSR count). The number of likely N-dealkylation sites (tertiary alicyclic amines) is 1. The first-order valence-electron chi connectivity index (χ1n) is 22.8. The summed E-state index contributed by atoms with van der Waals surface area (Å²) in [5.41, 5.74) is 10.2. The lowest BCUT2D eigenvalue weighted by molar-refractivity contribution is -0.143. The Morgan fingerprint density at radius 2 is 1.17 bits per heavy atom. The third-order valence-electron chi connectivity index (χ3n) is 15.5. The van der Waals surface area contributed by atoms with E-state index in [2.05, 4.69) is 71.3 Å². The van der Waals surface area contributed by atoms with Gasteiger partial charge in [0, 0.05) is 30.1 Å². The molecule has 8 bridgehead atoms. The van der Waals surface area contributed by atoms with Gasteiger partial charge in [0.25, 0.3) is 0 Å². The lowest BCUT2D eigenvalue weighted by Gasteiger charge is -2.62. The van der Waals surface area contributed by atoms with E-state index in [9.17, 15) is 14.4 Å². The minimum absolute atomic E-state index is 0. The number of carboxylic acids is 1. The Hall–Kier alpha value is -3.43. The number of nitrogens with two attached hydrogens (primary N) is 1. The van der Waals surface area contributed by atoms with Gasteiger partial charge in [0.1, 0.15) is 5.60 Å². The molecule has 10 fully saturated rings. The van der Waals surface area contributed by atoms with Crippen LogP contribution in [-0.4, -0.2) is 70.8 Å². The first-order chi connectivity index (χ1) is 27.6. The molecule has 10 aliphatic rings. The smallest absolute Gasteiger partial charge is 0.410 e. The molecule has 2 amide bonds. The number of hydrogen-bond donors (Lipinski definition) is 4. The van der Waals surface area contributed by atoms with Crippen molar-refractivity contribution in [3.63, 3.8) is 0 Å². The minimum atomic E-state index is -0.774. The molecule has 9 nitrogen and oxygen atoms in total. The highest BCUT2D eigenvalue weighted by Crippen LogP contribution is 2.63. The van der Waals surface area contributed by atoms with E-state index >= 15 is 0 Å². The van der Waals surface area contributed by atoms with E-state index in [1.165, 1.54) is 76.2 Å². The lowest BCUT2D eigenvalue weighted by atomic mass is 9.45. The third-order valence-corrected chi connectivity index (χ3v) is 15.5. The number of carboxylic acid groups (broad SMARTS) is 1. The third kappa shape index (κ3) is 10.1. The van der Waals surface area contributed by atoms with Crippen LogP contribution < -0.4 is 16.4 Å². The van der Waals surface area contributed by atoms with Gasteiger partial charge in [-0.05, 0) is 182 Å². The molecule has 2 heterocycles. The normalized spacial score (nSPS) is 35.0. The van der Waals surface area contributed by atoms with Crippen LogP contribution in [0, 0.1) is 35.5 Å². The first-order valence-corrected chi connectivity index (χ1v) is 22.8. The van der Waals surface area contributed by atoms with Gasteiger partial charge in [-0.1, -0.05) is 75.5 Å². The van der Waals surface area contributed by atoms with Crippen LogP contribution in [0.15, 0.2) is 60.7 Å². The van der Waals surface area contributed by atoms with Crippen molar-refractivity contribution in [1.29, 1.82) is 0 Å². The average Bonchev–Trinajstić information content (AvgIpc) is 3.17. The van der Waals surface area contributed by atoms with E-state index in [0.29, 0.717) is 42.7 Å². The lowest BCUT2D eigenvalue weighted by Crippen LogP contribution is -2.65. The number of benzene rings is 2. The van der Waals surface area contributed by atoms with Gasteiger partial charge in [-0.2, -0.15) is 0 Å². The van der Waals surface area contributed by atoms with Gasteiger partial charge in [-0.3, -0.25) is 9.59 Å². The second-order valence-electron chi connectivity index (χ2n) is 21.5. The summed E-state index contributed by atoms with van der Waals surface area (Å²) in [4.78, 5) is 36.9. The number of piperidine rings is 2. The highest BCUT2D eigenvalue weighted by Gasteiger charge is 2.59. The van der Waals surface area contributed by atoms with Crippen molar-refractivity contribution in [2.45, 2.75) is 166 Å². The number of carbonyl (C=O) groups excluding carboxylic acids is 2. The first kappa shape index (κ1) is 46.1. The highest BCUT2D eigenvalue weighted by atomic mass is 16.6. The zero-order valence-corrected chi connectivity index (χ0v) is 35.5.